The van der Waals surface area contributed by atoms with Gasteiger partial charge in [-0.05, 0) is 6.92 Å². The van der Waals surface area contributed by atoms with Crippen LogP contribution in [-0.4, -0.2) is 38.9 Å². The lowest BCUT2D eigenvalue weighted by atomic mass is 10.1. The molecular weight excluding hydrogens is 280 g/mol. The standard InChI is InChI=1S/C12H22N4OS2/c1-4-16-11(9(17-3)7-14-16)10(15-13)12-8(2)18-5-6-19-12/h7-8,10,12,15H,4-6,13H2,1-3H3. The van der Waals surface area contributed by atoms with E-state index in [0.717, 1.165) is 18.0 Å². The lowest BCUT2D eigenvalue weighted by Crippen LogP contribution is -2.42. The van der Waals surface area contributed by atoms with Crippen LogP contribution in [0.3, 0.4) is 0 Å². The summed E-state index contributed by atoms with van der Waals surface area (Å²) in [6, 6.07) is 0.0604. The van der Waals surface area contributed by atoms with Gasteiger partial charge in [0.2, 0.25) is 0 Å². The van der Waals surface area contributed by atoms with Gasteiger partial charge in [0, 0.05) is 28.6 Å². The number of nitrogens with two attached hydrogens (primary N) is 1. The number of methoxy groups -OCH3 is 1. The van der Waals surface area contributed by atoms with Crippen LogP contribution in [0.15, 0.2) is 6.20 Å². The normalized spacial score (nSPS) is 25.3. The first-order chi connectivity index (χ1) is 9.22. The summed E-state index contributed by atoms with van der Waals surface area (Å²) in [5.41, 5.74) is 4.03. The summed E-state index contributed by atoms with van der Waals surface area (Å²) in [5.74, 6) is 9.03. The maximum absolute atomic E-state index is 5.83. The third kappa shape index (κ3) is 3.04. The van der Waals surface area contributed by atoms with Gasteiger partial charge in [-0.2, -0.15) is 28.6 Å². The molecule has 7 heteroatoms. The number of nitrogens with zero attached hydrogens (tertiary/aromatic N) is 2. The molecule has 0 aliphatic carbocycles. The Balaban J connectivity index is 2.32. The number of aromatic nitrogens is 2. The predicted molar refractivity (Wildman–Crippen MR) is 82.7 cm³/mol. The average molecular weight is 302 g/mol. The van der Waals surface area contributed by atoms with Crippen LogP contribution in [0.1, 0.15) is 25.6 Å². The fourth-order valence-corrected chi connectivity index (χ4v) is 5.35. The molecule has 3 unspecified atom stereocenters. The number of hydrogen-bond donors (Lipinski definition) is 2. The summed E-state index contributed by atoms with van der Waals surface area (Å²) in [4.78, 5) is 0. The number of rotatable bonds is 5. The summed E-state index contributed by atoms with van der Waals surface area (Å²) < 4.78 is 7.41. The van der Waals surface area contributed by atoms with E-state index in [1.807, 2.05) is 28.2 Å². The average Bonchev–Trinajstić information content (AvgIpc) is 2.85. The summed E-state index contributed by atoms with van der Waals surface area (Å²) in [5, 5.41) is 5.36. The summed E-state index contributed by atoms with van der Waals surface area (Å²) in [7, 11) is 1.68. The molecule has 1 saturated heterocycles. The van der Waals surface area contributed by atoms with Crippen molar-refractivity contribution >= 4 is 23.5 Å². The number of hydrazine groups is 1. The summed E-state index contributed by atoms with van der Waals surface area (Å²) in [6.45, 7) is 5.16. The van der Waals surface area contributed by atoms with Gasteiger partial charge < -0.3 is 4.74 Å². The lowest BCUT2D eigenvalue weighted by Gasteiger charge is -2.34. The van der Waals surface area contributed by atoms with E-state index in [2.05, 4.69) is 24.4 Å². The van der Waals surface area contributed by atoms with Crippen molar-refractivity contribution in [1.29, 1.82) is 0 Å². The second kappa shape index (κ2) is 6.88. The Morgan fingerprint density at radius 2 is 2.32 bits per heavy atom. The third-order valence-electron chi connectivity index (χ3n) is 3.40. The van der Waals surface area contributed by atoms with Gasteiger partial charge in [-0.25, -0.2) is 0 Å². The molecule has 3 atom stereocenters. The fourth-order valence-electron chi connectivity index (χ4n) is 2.45. The maximum atomic E-state index is 5.83. The summed E-state index contributed by atoms with van der Waals surface area (Å²) in [6.07, 6.45) is 1.77. The van der Waals surface area contributed by atoms with Crippen molar-refractivity contribution in [3.8, 4) is 5.75 Å². The first-order valence-corrected chi connectivity index (χ1v) is 8.61. The number of aryl methyl sites for hydroxylation is 1. The zero-order chi connectivity index (χ0) is 13.8. The smallest absolute Gasteiger partial charge is 0.161 e. The highest BCUT2D eigenvalue weighted by molar-refractivity contribution is 8.07. The Labute approximate surface area is 123 Å². The van der Waals surface area contributed by atoms with Crippen LogP contribution in [0.2, 0.25) is 0 Å². The molecule has 19 heavy (non-hydrogen) atoms. The minimum atomic E-state index is 0.0604. The molecule has 1 aromatic heterocycles. The molecule has 0 bridgehead atoms. The Bertz CT molecular complexity index is 391. The van der Waals surface area contributed by atoms with E-state index in [9.17, 15) is 0 Å². The molecule has 108 valence electrons. The Morgan fingerprint density at radius 3 is 2.89 bits per heavy atom. The van der Waals surface area contributed by atoms with E-state index in [0.29, 0.717) is 10.5 Å². The van der Waals surface area contributed by atoms with E-state index < -0.39 is 0 Å². The molecule has 2 heterocycles. The molecule has 1 aliphatic rings. The molecule has 1 fully saturated rings. The molecule has 5 nitrogen and oxygen atoms in total. The van der Waals surface area contributed by atoms with Crippen LogP contribution in [-0.2, 0) is 6.54 Å². The maximum Gasteiger partial charge on any atom is 0.161 e. The van der Waals surface area contributed by atoms with E-state index in [1.165, 1.54) is 11.5 Å². The largest absolute Gasteiger partial charge is 0.493 e. The Hall–Kier alpha value is -0.370. The van der Waals surface area contributed by atoms with Gasteiger partial charge in [0.15, 0.2) is 5.75 Å². The van der Waals surface area contributed by atoms with Crippen molar-refractivity contribution in [1.82, 2.24) is 15.2 Å². The molecule has 3 N–H and O–H groups in total. The van der Waals surface area contributed by atoms with E-state index in [1.54, 1.807) is 13.3 Å². The lowest BCUT2D eigenvalue weighted by molar-refractivity contribution is 0.389. The molecule has 0 saturated carbocycles. The SMILES string of the molecule is CCn1ncc(OC)c1C(NN)C1SCCSC1C. The fraction of sp³-hybridized carbons (Fsp3) is 0.750. The highest BCUT2D eigenvalue weighted by Crippen LogP contribution is 2.40. The molecule has 0 spiro atoms. The van der Waals surface area contributed by atoms with Crippen LogP contribution in [0.5, 0.6) is 5.75 Å². The van der Waals surface area contributed by atoms with Crippen molar-refractivity contribution in [3.05, 3.63) is 11.9 Å². The topological polar surface area (TPSA) is 65.1 Å². The zero-order valence-corrected chi connectivity index (χ0v) is 13.3. The quantitative estimate of drug-likeness (QED) is 0.637. The number of nitrogens with one attached hydrogen (secondary N) is 1. The first kappa shape index (κ1) is 15.0. The second-order valence-electron chi connectivity index (χ2n) is 4.47. The highest BCUT2D eigenvalue weighted by atomic mass is 32.2. The van der Waals surface area contributed by atoms with Crippen molar-refractivity contribution in [2.75, 3.05) is 18.6 Å². The van der Waals surface area contributed by atoms with E-state index in [4.69, 9.17) is 10.6 Å². The van der Waals surface area contributed by atoms with Gasteiger partial charge in [-0.3, -0.25) is 16.0 Å². The zero-order valence-electron chi connectivity index (χ0n) is 11.6. The second-order valence-corrected chi connectivity index (χ2v) is 7.24. The van der Waals surface area contributed by atoms with Crippen LogP contribution in [0.4, 0.5) is 0 Å². The van der Waals surface area contributed by atoms with Crippen LogP contribution in [0.25, 0.3) is 0 Å². The van der Waals surface area contributed by atoms with Crippen molar-refractivity contribution < 1.29 is 4.74 Å². The molecule has 0 aromatic carbocycles. The minimum absolute atomic E-state index is 0.0604. The molecule has 0 amide bonds. The molecule has 2 rings (SSSR count). The van der Waals surface area contributed by atoms with Gasteiger partial charge >= 0.3 is 0 Å². The molecular formula is C12H22N4OS2. The number of ether oxygens (including phenoxy) is 1. The van der Waals surface area contributed by atoms with Crippen molar-refractivity contribution in [3.63, 3.8) is 0 Å². The van der Waals surface area contributed by atoms with Gasteiger partial charge in [0.25, 0.3) is 0 Å². The van der Waals surface area contributed by atoms with Gasteiger partial charge in [0.1, 0.15) is 0 Å². The molecule has 0 radical (unpaired) electrons. The predicted octanol–water partition coefficient (Wildman–Crippen LogP) is 1.65. The number of thioether (sulfide) groups is 2. The number of hydrogen-bond acceptors (Lipinski definition) is 6. The third-order valence-corrected chi connectivity index (χ3v) is 6.60. The van der Waals surface area contributed by atoms with Gasteiger partial charge in [0.05, 0.1) is 25.0 Å². The van der Waals surface area contributed by atoms with Gasteiger partial charge in [-0.15, -0.1) is 0 Å². The van der Waals surface area contributed by atoms with Gasteiger partial charge in [-0.1, -0.05) is 6.92 Å². The van der Waals surface area contributed by atoms with Crippen LogP contribution < -0.4 is 16.0 Å². The monoisotopic (exact) mass is 302 g/mol. The minimum Gasteiger partial charge on any atom is -0.493 e. The Kier molecular flexibility index (Phi) is 5.44. The van der Waals surface area contributed by atoms with E-state index >= 15 is 0 Å². The first-order valence-electron chi connectivity index (χ1n) is 6.51. The van der Waals surface area contributed by atoms with Crippen molar-refractivity contribution in [2.24, 2.45) is 5.84 Å². The summed E-state index contributed by atoms with van der Waals surface area (Å²) >= 11 is 3.99. The van der Waals surface area contributed by atoms with Crippen molar-refractivity contribution in [2.45, 2.75) is 36.9 Å². The molecule has 1 aliphatic heterocycles. The van der Waals surface area contributed by atoms with Crippen LogP contribution >= 0.6 is 23.5 Å². The highest BCUT2D eigenvalue weighted by Gasteiger charge is 2.34. The molecule has 1 aromatic rings. The Morgan fingerprint density at radius 1 is 1.58 bits per heavy atom. The van der Waals surface area contributed by atoms with E-state index in [-0.39, 0.29) is 6.04 Å². The van der Waals surface area contributed by atoms with Crippen LogP contribution in [0, 0.1) is 0 Å².